The normalized spacial score (nSPS) is 23.9. The number of ether oxygens (including phenoxy) is 1. The van der Waals surface area contributed by atoms with Gasteiger partial charge in [-0.2, -0.15) is 0 Å². The maximum Gasteiger partial charge on any atom is 0.514 e. The van der Waals surface area contributed by atoms with Gasteiger partial charge in [-0.3, -0.25) is 4.98 Å². The summed E-state index contributed by atoms with van der Waals surface area (Å²) in [6, 6.07) is 1.91. The van der Waals surface area contributed by atoms with Crippen molar-refractivity contribution in [3.8, 4) is 5.75 Å². The Bertz CT molecular complexity index is 515. The van der Waals surface area contributed by atoms with Crippen LogP contribution in [-0.2, 0) is 9.31 Å². The van der Waals surface area contributed by atoms with Crippen LogP contribution < -0.4 is 10.3 Å². The van der Waals surface area contributed by atoms with Gasteiger partial charge in [0.25, 0.3) is 0 Å². The molecule has 0 radical (unpaired) electrons. The van der Waals surface area contributed by atoms with Crippen LogP contribution in [-0.4, -0.2) is 29.4 Å². The first-order valence-corrected chi connectivity index (χ1v) is 7.75. The van der Waals surface area contributed by atoms with Gasteiger partial charge in [-0.1, -0.05) is 0 Å². The number of hydrogen-bond acceptors (Lipinski definition) is 4. The van der Waals surface area contributed by atoms with Crippen molar-refractivity contribution in [2.45, 2.75) is 57.8 Å². The molecule has 1 aliphatic carbocycles. The van der Waals surface area contributed by atoms with E-state index in [9.17, 15) is 0 Å². The lowest BCUT2D eigenvalue weighted by Crippen LogP contribution is -2.41. The summed E-state index contributed by atoms with van der Waals surface area (Å²) in [7, 11) is -0.449. The molecule has 0 atom stereocenters. The van der Waals surface area contributed by atoms with E-state index < -0.39 is 7.12 Å². The highest BCUT2D eigenvalue weighted by molar-refractivity contribution is 9.10. The predicted octanol–water partition coefficient (Wildman–Crippen LogP) is 2.68. The van der Waals surface area contributed by atoms with Crippen molar-refractivity contribution in [2.24, 2.45) is 0 Å². The molecule has 0 unspecified atom stereocenters. The van der Waals surface area contributed by atoms with Crippen molar-refractivity contribution < 1.29 is 14.0 Å². The zero-order valence-electron chi connectivity index (χ0n) is 12.3. The topological polar surface area (TPSA) is 40.6 Å². The van der Waals surface area contributed by atoms with Crippen molar-refractivity contribution in [2.75, 3.05) is 0 Å². The van der Waals surface area contributed by atoms with Crippen molar-refractivity contribution in [1.29, 1.82) is 0 Å². The van der Waals surface area contributed by atoms with E-state index in [2.05, 4.69) is 20.9 Å². The molecule has 1 aliphatic heterocycles. The van der Waals surface area contributed by atoms with E-state index in [-0.39, 0.29) is 11.2 Å². The number of aromatic nitrogens is 1. The predicted molar refractivity (Wildman–Crippen MR) is 81.3 cm³/mol. The van der Waals surface area contributed by atoms with Crippen LogP contribution in [0.1, 0.15) is 40.5 Å². The molecule has 20 heavy (non-hydrogen) atoms. The van der Waals surface area contributed by atoms with E-state index in [1.165, 1.54) is 0 Å². The Morgan fingerprint density at radius 3 is 2.40 bits per heavy atom. The molecule has 3 rings (SSSR count). The second kappa shape index (κ2) is 4.72. The van der Waals surface area contributed by atoms with Crippen molar-refractivity contribution in [1.82, 2.24) is 4.98 Å². The first-order chi connectivity index (χ1) is 9.28. The Labute approximate surface area is 128 Å². The largest absolute Gasteiger partial charge is 0.514 e. The third kappa shape index (κ3) is 2.61. The Hall–Kier alpha value is -0.585. The quantitative estimate of drug-likeness (QED) is 0.794. The van der Waals surface area contributed by atoms with Crippen LogP contribution in [0, 0.1) is 0 Å². The first-order valence-electron chi connectivity index (χ1n) is 6.96. The average molecular weight is 340 g/mol. The minimum Gasteiger partial charge on any atom is -0.489 e. The van der Waals surface area contributed by atoms with Gasteiger partial charge in [0.05, 0.1) is 27.4 Å². The highest BCUT2D eigenvalue weighted by atomic mass is 79.9. The summed E-state index contributed by atoms with van der Waals surface area (Å²) in [5.74, 6) is 0.812. The monoisotopic (exact) mass is 339 g/mol. The summed E-state index contributed by atoms with van der Waals surface area (Å²) < 4.78 is 18.7. The molecular weight excluding hydrogens is 321 g/mol. The second-order valence-corrected chi connectivity index (χ2v) is 7.30. The van der Waals surface area contributed by atoms with Crippen LogP contribution in [0.2, 0.25) is 0 Å². The van der Waals surface area contributed by atoms with Gasteiger partial charge < -0.3 is 14.0 Å². The zero-order valence-corrected chi connectivity index (χ0v) is 13.9. The maximum absolute atomic E-state index is 6.01. The van der Waals surface area contributed by atoms with E-state index in [4.69, 9.17) is 14.0 Å². The maximum atomic E-state index is 6.01. The molecule has 1 aromatic rings. The van der Waals surface area contributed by atoms with Crippen LogP contribution in [0.15, 0.2) is 16.7 Å². The molecule has 108 valence electrons. The highest BCUT2D eigenvalue weighted by Gasteiger charge is 2.52. The Morgan fingerprint density at radius 2 is 1.85 bits per heavy atom. The van der Waals surface area contributed by atoms with Gasteiger partial charge in [0.15, 0.2) is 0 Å². The lowest BCUT2D eigenvalue weighted by atomic mass is 9.84. The van der Waals surface area contributed by atoms with Crippen LogP contribution in [0.3, 0.4) is 0 Å². The number of hydrogen-bond donors (Lipinski definition) is 0. The Balaban J connectivity index is 1.84. The van der Waals surface area contributed by atoms with Crippen LogP contribution in [0.25, 0.3) is 0 Å². The fraction of sp³-hybridized carbons (Fsp3) is 0.643. The summed E-state index contributed by atoms with van der Waals surface area (Å²) in [6.07, 6.45) is 4.35. The summed E-state index contributed by atoms with van der Waals surface area (Å²) in [5.41, 5.74) is 0.0379. The standard InChI is InChI=1S/C14H19BBrNO3/c1-13(2)14(3,4)20-15(19-13)12-7-11(10(16)8-17-12)18-9-5-6-9/h7-9H,5-6H2,1-4H3. The molecule has 0 aromatic carbocycles. The molecule has 0 bridgehead atoms. The lowest BCUT2D eigenvalue weighted by molar-refractivity contribution is 0.00578. The Morgan fingerprint density at radius 1 is 1.25 bits per heavy atom. The molecule has 6 heteroatoms. The minimum atomic E-state index is -0.449. The van der Waals surface area contributed by atoms with Gasteiger partial charge in [-0.25, -0.2) is 0 Å². The number of rotatable bonds is 3. The minimum absolute atomic E-state index is 0.347. The van der Waals surface area contributed by atoms with Gasteiger partial charge in [-0.15, -0.1) is 0 Å². The first kappa shape index (κ1) is 14.4. The molecule has 1 saturated heterocycles. The molecular formula is C14H19BBrNO3. The van der Waals surface area contributed by atoms with Crippen molar-refractivity contribution >= 4 is 28.6 Å². The fourth-order valence-electron chi connectivity index (χ4n) is 1.98. The molecule has 0 amide bonds. The fourth-order valence-corrected chi connectivity index (χ4v) is 2.29. The SMILES string of the molecule is CC1(C)OB(c2cc(OC3CC3)c(Br)cn2)OC1(C)C. The number of nitrogens with zero attached hydrogens (tertiary/aromatic N) is 1. The van der Waals surface area contributed by atoms with E-state index in [1.54, 1.807) is 6.20 Å². The van der Waals surface area contributed by atoms with Crippen molar-refractivity contribution in [3.05, 3.63) is 16.7 Å². The number of halogens is 1. The van der Waals surface area contributed by atoms with E-state index in [0.29, 0.717) is 6.10 Å². The van der Waals surface area contributed by atoms with E-state index in [0.717, 1.165) is 28.7 Å². The van der Waals surface area contributed by atoms with E-state index in [1.807, 2.05) is 33.8 Å². The molecule has 0 spiro atoms. The lowest BCUT2D eigenvalue weighted by Gasteiger charge is -2.32. The van der Waals surface area contributed by atoms with Crippen LogP contribution in [0.5, 0.6) is 5.75 Å². The second-order valence-electron chi connectivity index (χ2n) is 6.45. The van der Waals surface area contributed by atoms with Crippen LogP contribution in [0.4, 0.5) is 0 Å². The smallest absolute Gasteiger partial charge is 0.489 e. The van der Waals surface area contributed by atoms with Crippen molar-refractivity contribution in [3.63, 3.8) is 0 Å². The molecule has 2 aliphatic rings. The van der Waals surface area contributed by atoms with Gasteiger partial charge >= 0.3 is 7.12 Å². The van der Waals surface area contributed by atoms with Gasteiger partial charge in [-0.05, 0) is 62.5 Å². The molecule has 2 fully saturated rings. The number of pyridine rings is 1. The zero-order chi connectivity index (χ0) is 14.5. The summed E-state index contributed by atoms with van der Waals surface area (Å²) in [5, 5.41) is 0. The molecule has 2 heterocycles. The third-order valence-corrected chi connectivity index (χ3v) is 4.75. The van der Waals surface area contributed by atoms with Gasteiger partial charge in [0.1, 0.15) is 5.75 Å². The van der Waals surface area contributed by atoms with Gasteiger partial charge in [0.2, 0.25) is 0 Å². The third-order valence-electron chi connectivity index (χ3n) is 4.15. The summed E-state index contributed by atoms with van der Waals surface area (Å²) in [6.45, 7) is 8.14. The Kier molecular flexibility index (Phi) is 3.38. The molecule has 1 saturated carbocycles. The summed E-state index contributed by atoms with van der Waals surface area (Å²) >= 11 is 3.47. The average Bonchev–Trinajstić information content (AvgIpc) is 3.10. The molecule has 0 N–H and O–H groups in total. The summed E-state index contributed by atoms with van der Waals surface area (Å²) in [4.78, 5) is 4.40. The van der Waals surface area contributed by atoms with E-state index >= 15 is 0 Å². The molecule has 1 aromatic heterocycles. The van der Waals surface area contributed by atoms with Gasteiger partial charge in [0, 0.05) is 6.20 Å². The van der Waals surface area contributed by atoms with Crippen LogP contribution >= 0.6 is 15.9 Å². The molecule has 4 nitrogen and oxygen atoms in total. The highest BCUT2D eigenvalue weighted by Crippen LogP contribution is 2.37.